The van der Waals surface area contributed by atoms with Crippen LogP contribution in [-0.2, 0) is 4.79 Å². The van der Waals surface area contributed by atoms with Gasteiger partial charge >= 0.3 is 0 Å². The van der Waals surface area contributed by atoms with Crippen LogP contribution in [0.3, 0.4) is 0 Å². The first-order valence-corrected chi connectivity index (χ1v) is 8.35. The van der Waals surface area contributed by atoms with Gasteiger partial charge in [0.05, 0.1) is 0 Å². The Hall–Kier alpha value is -0.370. The van der Waals surface area contributed by atoms with Gasteiger partial charge in [-0.05, 0) is 43.6 Å². The molecule has 0 bridgehead atoms. The molecule has 1 heterocycles. The summed E-state index contributed by atoms with van der Waals surface area (Å²) in [6.07, 6.45) is 7.07. The molecular weight excluding hydrogens is 234 g/mol. The predicted octanol–water partition coefficient (Wildman–Crippen LogP) is 3.75. The highest BCUT2D eigenvalue weighted by atomic mass is 16.1. The number of hydrogen-bond donors (Lipinski definition) is 0. The first-order chi connectivity index (χ1) is 9.10. The summed E-state index contributed by atoms with van der Waals surface area (Å²) in [4.78, 5) is 14.7. The van der Waals surface area contributed by atoms with Crippen LogP contribution in [-0.4, -0.2) is 30.3 Å². The zero-order valence-corrected chi connectivity index (χ0v) is 13.0. The number of ketones is 1. The van der Waals surface area contributed by atoms with Crippen LogP contribution in [0, 0.1) is 23.7 Å². The second-order valence-electron chi connectivity index (χ2n) is 7.14. The minimum Gasteiger partial charge on any atom is -0.302 e. The molecule has 1 aliphatic carbocycles. The number of rotatable bonds is 5. The van der Waals surface area contributed by atoms with Crippen LogP contribution in [0.1, 0.15) is 59.3 Å². The number of nitrogens with zero attached hydrogens (tertiary/aromatic N) is 1. The lowest BCUT2D eigenvalue weighted by molar-refractivity contribution is -0.126. The Kier molecular flexibility index (Phi) is 5.44. The molecule has 0 aromatic rings. The Morgan fingerprint density at radius 2 is 2.11 bits per heavy atom. The van der Waals surface area contributed by atoms with Gasteiger partial charge in [-0.15, -0.1) is 0 Å². The van der Waals surface area contributed by atoms with Crippen molar-refractivity contribution < 1.29 is 4.79 Å². The van der Waals surface area contributed by atoms with Gasteiger partial charge in [0.25, 0.3) is 0 Å². The van der Waals surface area contributed by atoms with Crippen molar-refractivity contribution in [3.05, 3.63) is 0 Å². The smallest absolute Gasteiger partial charge is 0.137 e. The Morgan fingerprint density at radius 1 is 1.32 bits per heavy atom. The van der Waals surface area contributed by atoms with Gasteiger partial charge in [0, 0.05) is 25.4 Å². The number of hydrogen-bond acceptors (Lipinski definition) is 2. The van der Waals surface area contributed by atoms with Crippen LogP contribution in [0.2, 0.25) is 0 Å². The number of Topliss-reactive ketones (excluding diaryl/α,β-unsaturated/α-hetero) is 1. The van der Waals surface area contributed by atoms with Gasteiger partial charge in [0.2, 0.25) is 0 Å². The van der Waals surface area contributed by atoms with Crippen molar-refractivity contribution in [2.45, 2.75) is 59.3 Å². The monoisotopic (exact) mass is 265 g/mol. The molecule has 2 nitrogen and oxygen atoms in total. The molecule has 3 unspecified atom stereocenters. The van der Waals surface area contributed by atoms with Crippen LogP contribution >= 0.6 is 0 Å². The van der Waals surface area contributed by atoms with Crippen molar-refractivity contribution in [2.75, 3.05) is 19.6 Å². The second-order valence-corrected chi connectivity index (χ2v) is 7.14. The zero-order chi connectivity index (χ0) is 13.8. The van der Waals surface area contributed by atoms with E-state index in [1.54, 1.807) is 0 Å². The van der Waals surface area contributed by atoms with E-state index < -0.39 is 0 Å². The lowest BCUT2D eigenvalue weighted by atomic mass is 9.78. The molecule has 0 amide bonds. The maximum atomic E-state index is 12.1. The molecule has 110 valence electrons. The van der Waals surface area contributed by atoms with Gasteiger partial charge < -0.3 is 4.90 Å². The third-order valence-electron chi connectivity index (χ3n) is 5.30. The molecule has 19 heavy (non-hydrogen) atoms. The van der Waals surface area contributed by atoms with Gasteiger partial charge in [-0.1, -0.05) is 33.6 Å². The summed E-state index contributed by atoms with van der Waals surface area (Å²) in [6.45, 7) is 10.4. The Balaban J connectivity index is 1.82. The highest BCUT2D eigenvalue weighted by Crippen LogP contribution is 2.32. The summed E-state index contributed by atoms with van der Waals surface area (Å²) < 4.78 is 0. The van der Waals surface area contributed by atoms with E-state index in [9.17, 15) is 4.79 Å². The summed E-state index contributed by atoms with van der Waals surface area (Å²) in [5.74, 6) is 3.35. The van der Waals surface area contributed by atoms with Crippen LogP contribution in [0.15, 0.2) is 0 Å². The van der Waals surface area contributed by atoms with Gasteiger partial charge in [-0.3, -0.25) is 4.79 Å². The Bertz CT molecular complexity index is 300. The first kappa shape index (κ1) is 15.0. The summed E-state index contributed by atoms with van der Waals surface area (Å²) in [6, 6.07) is 0. The lowest BCUT2D eigenvalue weighted by Gasteiger charge is -2.31. The minimum atomic E-state index is 0.344. The fourth-order valence-electron chi connectivity index (χ4n) is 3.93. The van der Waals surface area contributed by atoms with Crippen molar-refractivity contribution in [1.82, 2.24) is 4.90 Å². The third-order valence-corrected chi connectivity index (χ3v) is 5.30. The topological polar surface area (TPSA) is 20.3 Å². The summed E-state index contributed by atoms with van der Waals surface area (Å²) in [5, 5.41) is 0. The standard InChI is InChI=1S/C17H31NO/c1-4-5-14-6-7-17(19)16(10-14)12-18-9-8-15(11-18)13(2)3/h13-16H,4-12H2,1-3H3. The van der Waals surface area contributed by atoms with Gasteiger partial charge in [0.1, 0.15) is 5.78 Å². The SMILES string of the molecule is CCCC1CCC(=O)C(CN2CCC(C(C)C)C2)C1. The highest BCUT2D eigenvalue weighted by Gasteiger charge is 2.32. The van der Waals surface area contributed by atoms with Crippen molar-refractivity contribution in [3.63, 3.8) is 0 Å². The second kappa shape index (κ2) is 6.88. The fraction of sp³-hybridized carbons (Fsp3) is 0.941. The minimum absolute atomic E-state index is 0.344. The first-order valence-electron chi connectivity index (χ1n) is 8.35. The molecule has 0 radical (unpaired) electrons. The van der Waals surface area contributed by atoms with Crippen LogP contribution in [0.5, 0.6) is 0 Å². The van der Waals surface area contributed by atoms with E-state index in [1.165, 1.54) is 32.4 Å². The zero-order valence-electron chi connectivity index (χ0n) is 13.0. The van der Waals surface area contributed by atoms with Crippen LogP contribution in [0.4, 0.5) is 0 Å². The molecule has 1 saturated carbocycles. The van der Waals surface area contributed by atoms with E-state index in [2.05, 4.69) is 25.7 Å². The third kappa shape index (κ3) is 4.05. The van der Waals surface area contributed by atoms with E-state index in [0.717, 1.165) is 43.6 Å². The maximum absolute atomic E-state index is 12.1. The van der Waals surface area contributed by atoms with Crippen molar-refractivity contribution in [3.8, 4) is 0 Å². The Labute approximate surface area is 118 Å². The fourth-order valence-corrected chi connectivity index (χ4v) is 3.93. The summed E-state index contributed by atoms with van der Waals surface area (Å²) in [5.41, 5.74) is 0. The van der Waals surface area contributed by atoms with E-state index in [0.29, 0.717) is 11.7 Å². The number of likely N-dealkylation sites (tertiary alicyclic amines) is 1. The average molecular weight is 265 g/mol. The van der Waals surface area contributed by atoms with E-state index in [-0.39, 0.29) is 0 Å². The molecule has 1 saturated heterocycles. The number of carbonyl (C=O) groups is 1. The van der Waals surface area contributed by atoms with Crippen LogP contribution in [0.25, 0.3) is 0 Å². The molecule has 0 spiro atoms. The normalized spacial score (nSPS) is 33.3. The van der Waals surface area contributed by atoms with Gasteiger partial charge in [-0.25, -0.2) is 0 Å². The molecule has 0 aromatic carbocycles. The van der Waals surface area contributed by atoms with Crippen molar-refractivity contribution in [1.29, 1.82) is 0 Å². The number of carbonyl (C=O) groups excluding carboxylic acids is 1. The van der Waals surface area contributed by atoms with Crippen molar-refractivity contribution >= 4 is 5.78 Å². The molecule has 2 rings (SSSR count). The van der Waals surface area contributed by atoms with E-state index in [4.69, 9.17) is 0 Å². The molecular formula is C17H31NO. The molecule has 0 N–H and O–H groups in total. The maximum Gasteiger partial charge on any atom is 0.137 e. The Morgan fingerprint density at radius 3 is 2.74 bits per heavy atom. The van der Waals surface area contributed by atoms with E-state index >= 15 is 0 Å². The average Bonchev–Trinajstić information content (AvgIpc) is 2.82. The predicted molar refractivity (Wildman–Crippen MR) is 80.1 cm³/mol. The summed E-state index contributed by atoms with van der Waals surface area (Å²) >= 11 is 0. The molecule has 1 aliphatic heterocycles. The quantitative estimate of drug-likeness (QED) is 0.754. The van der Waals surface area contributed by atoms with Crippen LogP contribution < -0.4 is 0 Å². The molecule has 0 aromatic heterocycles. The molecule has 2 aliphatic rings. The molecule has 3 atom stereocenters. The van der Waals surface area contributed by atoms with Gasteiger partial charge in [-0.2, -0.15) is 0 Å². The van der Waals surface area contributed by atoms with Gasteiger partial charge in [0.15, 0.2) is 0 Å². The van der Waals surface area contributed by atoms with E-state index in [1.807, 2.05) is 0 Å². The molecule has 2 fully saturated rings. The molecule has 2 heteroatoms. The lowest BCUT2D eigenvalue weighted by Crippen LogP contribution is -2.36. The van der Waals surface area contributed by atoms with Crippen molar-refractivity contribution in [2.24, 2.45) is 23.7 Å². The summed E-state index contributed by atoms with van der Waals surface area (Å²) in [7, 11) is 0. The largest absolute Gasteiger partial charge is 0.302 e. The highest BCUT2D eigenvalue weighted by molar-refractivity contribution is 5.81.